The first-order chi connectivity index (χ1) is 18.7. The maximum atomic E-state index is 10.8. The van der Waals surface area contributed by atoms with Gasteiger partial charge in [-0.2, -0.15) is 0 Å². The van der Waals surface area contributed by atoms with E-state index in [9.17, 15) is 9.59 Å². The molecule has 0 heterocycles. The fourth-order valence-corrected chi connectivity index (χ4v) is 4.49. The zero-order valence-corrected chi connectivity index (χ0v) is 31.3. The zero-order valence-electron chi connectivity index (χ0n) is 29.6. The van der Waals surface area contributed by atoms with Gasteiger partial charge in [0, 0.05) is 43.4 Å². The highest BCUT2D eigenvalue weighted by Gasteiger charge is 2.17. The molecule has 0 aromatic carbocycles. The van der Waals surface area contributed by atoms with Crippen LogP contribution in [0, 0.1) is 23.2 Å². The third-order valence-electron chi connectivity index (χ3n) is 5.06. The Kier molecular flexibility index (Phi) is 39.8. The maximum Gasteiger partial charge on any atom is 0.224 e. The van der Waals surface area contributed by atoms with E-state index in [-0.39, 0.29) is 36.8 Å². The number of halogens is 1. The Hall–Kier alpha value is -0.420. The Labute approximate surface area is 262 Å². The molecule has 0 unspecified atom stereocenters. The van der Waals surface area contributed by atoms with Crippen LogP contribution >= 0.6 is 20.0 Å². The molecule has 0 saturated carbocycles. The van der Waals surface area contributed by atoms with Crippen molar-refractivity contribution in [3.8, 4) is 0 Å². The van der Waals surface area contributed by atoms with Crippen molar-refractivity contribution in [1.29, 1.82) is 0 Å². The summed E-state index contributed by atoms with van der Waals surface area (Å²) < 4.78 is 6.69. The van der Waals surface area contributed by atoms with Crippen LogP contribution in [0.4, 0.5) is 0 Å². The van der Waals surface area contributed by atoms with Crippen molar-refractivity contribution in [2.75, 3.05) is 81.6 Å². The van der Waals surface area contributed by atoms with E-state index in [2.05, 4.69) is 87.7 Å². The van der Waals surface area contributed by atoms with Gasteiger partial charge in [0.25, 0.3) is 0 Å². The van der Waals surface area contributed by atoms with Gasteiger partial charge in [0.05, 0.1) is 0 Å². The number of amides is 1. The van der Waals surface area contributed by atoms with Gasteiger partial charge in [-0.25, -0.2) is 0 Å². The van der Waals surface area contributed by atoms with Crippen molar-refractivity contribution >= 4 is 31.1 Å². The lowest BCUT2D eigenvalue weighted by Gasteiger charge is -2.34. The molecule has 0 aromatic rings. The minimum atomic E-state index is -0.269. The topological polar surface area (TPSA) is 146 Å². The minimum Gasteiger partial charge on any atom is -0.356 e. The fourth-order valence-electron chi connectivity index (χ4n) is 2.34. The Morgan fingerprint density at radius 3 is 1.24 bits per heavy atom. The first kappa shape index (κ1) is 50.2. The lowest BCUT2D eigenvalue weighted by atomic mass is 9.92. The van der Waals surface area contributed by atoms with E-state index in [1.54, 1.807) is 13.8 Å². The van der Waals surface area contributed by atoms with Gasteiger partial charge in [-0.1, -0.05) is 62.3 Å². The van der Waals surface area contributed by atoms with Crippen LogP contribution in [0.25, 0.3) is 0 Å². The molecule has 0 aliphatic heterocycles. The molecule has 10 nitrogen and oxygen atoms in total. The average Bonchev–Trinajstić information content (AvgIpc) is 2.87. The second-order valence-electron chi connectivity index (χ2n) is 11.7. The first-order valence-corrected chi connectivity index (χ1v) is 16.4. The van der Waals surface area contributed by atoms with E-state index in [0.717, 1.165) is 32.0 Å². The number of carbonyl (C=O) groups excluding carboxylic acids is 2. The molecule has 252 valence electrons. The minimum absolute atomic E-state index is 0.0216. The molecule has 0 atom stereocenters. The smallest absolute Gasteiger partial charge is 0.224 e. The van der Waals surface area contributed by atoms with Crippen molar-refractivity contribution in [2.24, 2.45) is 40.4 Å². The van der Waals surface area contributed by atoms with Crippen LogP contribution in [0.2, 0.25) is 0 Å². The van der Waals surface area contributed by atoms with Crippen molar-refractivity contribution in [1.82, 2.24) is 24.6 Å². The zero-order chi connectivity index (χ0) is 33.8. The van der Waals surface area contributed by atoms with Crippen molar-refractivity contribution in [3.63, 3.8) is 0 Å². The molecule has 0 aliphatic rings. The van der Waals surface area contributed by atoms with Gasteiger partial charge in [0.15, 0.2) is 0 Å². The third-order valence-corrected chi connectivity index (χ3v) is 7.64. The van der Waals surface area contributed by atoms with Gasteiger partial charge in [-0.3, -0.25) is 23.6 Å². The molecule has 0 aliphatic carbocycles. The Bertz CT molecular complexity index is 550. The van der Waals surface area contributed by atoms with E-state index in [0.29, 0.717) is 19.6 Å². The van der Waals surface area contributed by atoms with Gasteiger partial charge >= 0.3 is 0 Å². The van der Waals surface area contributed by atoms with Gasteiger partial charge in [-0.05, 0) is 85.7 Å². The molecular weight excluding hydrogens is 559 g/mol. The van der Waals surface area contributed by atoms with Crippen molar-refractivity contribution in [3.05, 3.63) is 0 Å². The number of rotatable bonds is 14. The summed E-state index contributed by atoms with van der Waals surface area (Å²) in [5.41, 5.74) is 16.1. The van der Waals surface area contributed by atoms with Gasteiger partial charge < -0.3 is 27.8 Å². The second-order valence-corrected chi connectivity index (χ2v) is 15.0. The predicted molar refractivity (Wildman–Crippen MR) is 185 cm³/mol. The molecule has 0 saturated heterocycles. The number of hydrogen-bond acceptors (Lipinski definition) is 9. The van der Waals surface area contributed by atoms with Crippen LogP contribution in [0.3, 0.4) is 0 Å². The number of hydrogen-bond donors (Lipinski definition) is 5. The number of nitrogens with one attached hydrogen (secondary N) is 2. The van der Waals surface area contributed by atoms with Gasteiger partial charge in [0.2, 0.25) is 11.1 Å². The highest BCUT2D eigenvalue weighted by molar-refractivity contribution is 7.49. The van der Waals surface area contributed by atoms with Crippen molar-refractivity contribution < 1.29 is 9.59 Å². The average molecular weight is 631 g/mol. The lowest BCUT2D eigenvalue weighted by Crippen LogP contribution is -2.41. The molecule has 0 bridgehead atoms. The van der Waals surface area contributed by atoms with E-state index in [1.165, 1.54) is 6.42 Å². The van der Waals surface area contributed by atoms with E-state index >= 15 is 0 Å². The second kappa shape index (κ2) is 32.5. The third kappa shape index (κ3) is 39.6. The summed E-state index contributed by atoms with van der Waals surface area (Å²) in [6.07, 6.45) is 2.26. The lowest BCUT2D eigenvalue weighted by molar-refractivity contribution is -0.124. The Morgan fingerprint density at radius 1 is 0.756 bits per heavy atom. The summed E-state index contributed by atoms with van der Waals surface area (Å²) in [6, 6.07) is 0. The molecule has 0 fully saturated rings. The van der Waals surface area contributed by atoms with E-state index in [4.69, 9.17) is 28.8 Å². The highest BCUT2D eigenvalue weighted by Crippen LogP contribution is 2.40. The van der Waals surface area contributed by atoms with E-state index < -0.39 is 0 Å². The Morgan fingerprint density at radius 2 is 1.10 bits per heavy atom. The predicted octanol–water partition coefficient (Wildman–Crippen LogP) is 3.99. The first-order valence-electron chi connectivity index (χ1n) is 14.8. The monoisotopic (exact) mass is 631 g/mol. The summed E-state index contributed by atoms with van der Waals surface area (Å²) in [6.45, 7) is 22.8. The normalized spacial score (nSPS) is 11.0. The maximum absolute atomic E-state index is 10.8. The summed E-state index contributed by atoms with van der Waals surface area (Å²) >= 11 is 4.97. The highest BCUT2D eigenvalue weighted by atomic mass is 35.5. The molecule has 0 rings (SSSR count). The molecule has 12 heteroatoms. The van der Waals surface area contributed by atoms with Crippen LogP contribution in [0.1, 0.15) is 75.2 Å². The largest absolute Gasteiger partial charge is 0.356 e. The van der Waals surface area contributed by atoms with Gasteiger partial charge in [-0.15, -0.1) is 0 Å². The van der Waals surface area contributed by atoms with Crippen LogP contribution in [-0.2, 0) is 9.59 Å². The van der Waals surface area contributed by atoms with Crippen LogP contribution in [0.5, 0.6) is 0 Å². The van der Waals surface area contributed by atoms with Crippen LogP contribution in [0.15, 0.2) is 0 Å². The molecule has 0 spiro atoms. The molecule has 0 aromatic heterocycles. The standard InChI is InChI=1S/C7H15NO.C7H17N.C6H18N3P.C5H15N3.C4H7ClO/c1-4-5-8-7(9)6(2)3;1-4-5-8-6-7(2)3;1-7(2)10(8(3)4)9(5)6;1-5(2-6,3-7)4-8;1-3(2)4(5)6/h6H,4-5H2,1-3H3,(H,8,9);7-8H,4-6H2,1-3H3;1-6H3;2-4,6-8H2,1H3;3H,1-2H3. The van der Waals surface area contributed by atoms with Crippen LogP contribution < -0.4 is 27.8 Å². The molecule has 41 heavy (non-hydrogen) atoms. The summed E-state index contributed by atoms with van der Waals surface area (Å²) in [5, 5.41) is 5.86. The Balaban J connectivity index is -0.000000133. The summed E-state index contributed by atoms with van der Waals surface area (Å²) in [5.74, 6) is 1.04. The quantitative estimate of drug-likeness (QED) is 0.109. The molecule has 0 radical (unpaired) electrons. The summed E-state index contributed by atoms with van der Waals surface area (Å²) in [4.78, 5) is 20.7. The van der Waals surface area contributed by atoms with Crippen molar-refractivity contribution in [2.45, 2.75) is 75.2 Å². The SMILES string of the molecule is CC(C)C(=O)Cl.CC(CN)(CN)CN.CCCNC(=O)C(C)C.CCCNCC(C)C.CN(C)P(N(C)C)N(C)C. The van der Waals surface area contributed by atoms with E-state index in [1.807, 2.05) is 27.7 Å². The van der Waals surface area contributed by atoms with Crippen LogP contribution in [-0.4, -0.2) is 107 Å². The molecular formula is C29H72ClN8O2P. The number of nitrogens with zero attached hydrogens (tertiary/aromatic N) is 3. The summed E-state index contributed by atoms with van der Waals surface area (Å²) in [7, 11) is 12.4. The molecule has 8 N–H and O–H groups in total. The number of carbonyl (C=O) groups is 2. The van der Waals surface area contributed by atoms with Gasteiger partial charge in [0.1, 0.15) is 8.37 Å². The molecule has 1 amide bonds. The fraction of sp³-hybridized carbons (Fsp3) is 0.931. The number of nitrogens with two attached hydrogens (primary N) is 3.